The maximum Gasteiger partial charge on any atom is 0.344 e. The molecule has 0 spiro atoms. The van der Waals surface area contributed by atoms with Gasteiger partial charge in [-0.25, -0.2) is 4.79 Å². The molecule has 1 heterocycles. The second-order valence-corrected chi connectivity index (χ2v) is 7.69. The molecule has 8 heteroatoms. The molecule has 2 aromatic carbocycles. The van der Waals surface area contributed by atoms with Crippen LogP contribution in [0.4, 0.5) is 5.88 Å². The third-order valence-electron chi connectivity index (χ3n) is 4.81. The number of ketones is 1. The number of benzene rings is 2. The summed E-state index contributed by atoms with van der Waals surface area (Å²) in [5.74, 6) is -0.883. The van der Waals surface area contributed by atoms with Crippen molar-refractivity contribution in [1.29, 1.82) is 0 Å². The van der Waals surface area contributed by atoms with Crippen molar-refractivity contribution in [2.24, 2.45) is 0 Å². The van der Waals surface area contributed by atoms with Crippen molar-refractivity contribution in [3.05, 3.63) is 87.6 Å². The van der Waals surface area contributed by atoms with E-state index in [1.165, 1.54) is 13.0 Å². The zero-order valence-electron chi connectivity index (χ0n) is 19.0. The molecule has 1 aromatic heterocycles. The predicted molar refractivity (Wildman–Crippen MR) is 129 cm³/mol. The summed E-state index contributed by atoms with van der Waals surface area (Å²) < 4.78 is 16.2. The third kappa shape index (κ3) is 6.14. The molecule has 0 saturated heterocycles. The van der Waals surface area contributed by atoms with Gasteiger partial charge in [-0.3, -0.25) is 14.9 Å². The van der Waals surface area contributed by atoms with Gasteiger partial charge >= 0.3 is 5.97 Å². The summed E-state index contributed by atoms with van der Waals surface area (Å²) in [4.78, 5) is 36.7. The molecule has 0 aliphatic heterocycles. The number of hydrogen-bond donors (Lipinski definition) is 1. The summed E-state index contributed by atoms with van der Waals surface area (Å²) in [6.45, 7) is 4.96. The molecule has 0 aliphatic rings. The lowest BCUT2D eigenvalue weighted by Crippen LogP contribution is -2.14. The van der Waals surface area contributed by atoms with E-state index >= 15 is 0 Å². The highest BCUT2D eigenvalue weighted by Crippen LogP contribution is 2.28. The zero-order valence-corrected chi connectivity index (χ0v) is 19.8. The fourth-order valence-electron chi connectivity index (χ4n) is 3.23. The second kappa shape index (κ2) is 11.3. The van der Waals surface area contributed by atoms with Crippen LogP contribution in [0.5, 0.6) is 5.75 Å². The zero-order chi connectivity index (χ0) is 24.7. The largest absolute Gasteiger partial charge is 0.489 e. The lowest BCUT2D eigenvalue weighted by atomic mass is 10.1. The average Bonchev–Trinajstić information content (AvgIpc) is 3.13. The smallest absolute Gasteiger partial charge is 0.344 e. The summed E-state index contributed by atoms with van der Waals surface area (Å²) in [5, 5.41) is 3.15. The highest BCUT2D eigenvalue weighted by Gasteiger charge is 2.28. The number of hydrogen-bond acceptors (Lipinski definition) is 6. The van der Waals surface area contributed by atoms with Crippen LogP contribution >= 0.6 is 11.6 Å². The molecular formula is C26H24ClNO6. The average molecular weight is 482 g/mol. The number of ether oxygens (including phenoxy) is 2. The molecule has 34 heavy (non-hydrogen) atoms. The fraction of sp³-hybridized carbons (Fsp3) is 0.192. The van der Waals surface area contributed by atoms with E-state index in [0.29, 0.717) is 17.4 Å². The SMILES string of the molecule is CCOC(=O)c1c(NC(=O)/C=C/c2ccc(OCc3ccccc3Cl)cc2)oc(C)c1C(C)=O. The van der Waals surface area contributed by atoms with E-state index in [9.17, 15) is 14.4 Å². The van der Waals surface area contributed by atoms with Crippen LogP contribution in [0.3, 0.4) is 0 Å². The Morgan fingerprint density at radius 1 is 1.06 bits per heavy atom. The lowest BCUT2D eigenvalue weighted by Gasteiger charge is -2.08. The van der Waals surface area contributed by atoms with Crippen LogP contribution in [0.25, 0.3) is 6.08 Å². The summed E-state index contributed by atoms with van der Waals surface area (Å²) in [7, 11) is 0. The van der Waals surface area contributed by atoms with Crippen LogP contribution in [0, 0.1) is 6.92 Å². The first-order valence-corrected chi connectivity index (χ1v) is 10.9. The second-order valence-electron chi connectivity index (χ2n) is 7.29. The van der Waals surface area contributed by atoms with Gasteiger partial charge in [0.25, 0.3) is 5.91 Å². The molecule has 1 N–H and O–H groups in total. The number of furan rings is 1. The number of amides is 1. The normalized spacial score (nSPS) is 10.8. The Balaban J connectivity index is 1.66. The van der Waals surface area contributed by atoms with Crippen LogP contribution in [0.15, 0.2) is 59.0 Å². The summed E-state index contributed by atoms with van der Waals surface area (Å²) in [6, 6.07) is 14.6. The molecule has 7 nitrogen and oxygen atoms in total. The van der Waals surface area contributed by atoms with Crippen molar-refractivity contribution >= 4 is 41.2 Å². The van der Waals surface area contributed by atoms with Crippen molar-refractivity contribution < 1.29 is 28.3 Å². The number of esters is 1. The van der Waals surface area contributed by atoms with Gasteiger partial charge < -0.3 is 13.9 Å². The van der Waals surface area contributed by atoms with Crippen molar-refractivity contribution in [1.82, 2.24) is 0 Å². The Morgan fingerprint density at radius 3 is 2.41 bits per heavy atom. The van der Waals surface area contributed by atoms with Crippen molar-refractivity contribution in [2.45, 2.75) is 27.4 Å². The number of carbonyl (C=O) groups excluding carboxylic acids is 3. The van der Waals surface area contributed by atoms with E-state index in [4.69, 9.17) is 25.5 Å². The Bertz CT molecular complexity index is 1230. The first kappa shape index (κ1) is 24.8. The van der Waals surface area contributed by atoms with Gasteiger partial charge in [-0.15, -0.1) is 0 Å². The fourth-order valence-corrected chi connectivity index (χ4v) is 3.42. The number of carbonyl (C=O) groups is 3. The standard InChI is InChI=1S/C26H24ClNO6/c1-4-32-26(31)24-23(16(2)29)17(3)34-25(24)28-22(30)14-11-18-9-12-20(13-10-18)33-15-19-7-5-6-8-21(19)27/h5-14H,4,15H2,1-3H3,(H,28,30)/b14-11+. The molecule has 0 unspecified atom stereocenters. The van der Waals surface area contributed by atoms with E-state index < -0.39 is 11.9 Å². The minimum Gasteiger partial charge on any atom is -0.489 e. The minimum absolute atomic E-state index is 0.0881. The maximum atomic E-state index is 12.4. The molecule has 0 radical (unpaired) electrons. The van der Waals surface area contributed by atoms with E-state index in [-0.39, 0.29) is 35.2 Å². The van der Waals surface area contributed by atoms with E-state index in [1.54, 1.807) is 50.3 Å². The van der Waals surface area contributed by atoms with Gasteiger partial charge in [0, 0.05) is 16.7 Å². The molecule has 3 aromatic rings. The maximum absolute atomic E-state index is 12.4. The molecular weight excluding hydrogens is 458 g/mol. The van der Waals surface area contributed by atoms with Gasteiger partial charge in [-0.05, 0) is 50.6 Å². The number of aryl methyl sites for hydroxylation is 1. The number of Topliss-reactive ketones (excluding diaryl/α,β-unsaturated/α-hetero) is 1. The van der Waals surface area contributed by atoms with Gasteiger partial charge in [0.1, 0.15) is 23.7 Å². The number of rotatable bonds is 9. The topological polar surface area (TPSA) is 94.8 Å². The molecule has 0 fully saturated rings. The first-order valence-electron chi connectivity index (χ1n) is 10.6. The van der Waals surface area contributed by atoms with Gasteiger partial charge in [-0.2, -0.15) is 0 Å². The summed E-state index contributed by atoms with van der Waals surface area (Å²) in [6.07, 6.45) is 2.89. The third-order valence-corrected chi connectivity index (χ3v) is 5.18. The van der Waals surface area contributed by atoms with Crippen LogP contribution < -0.4 is 10.1 Å². The molecule has 0 aliphatic carbocycles. The van der Waals surface area contributed by atoms with Gasteiger partial charge in [0.2, 0.25) is 5.88 Å². The molecule has 0 atom stereocenters. The van der Waals surface area contributed by atoms with Gasteiger partial charge in [0.05, 0.1) is 12.2 Å². The minimum atomic E-state index is -0.740. The van der Waals surface area contributed by atoms with Crippen molar-refractivity contribution in [3.63, 3.8) is 0 Å². The van der Waals surface area contributed by atoms with Crippen LogP contribution in [-0.4, -0.2) is 24.3 Å². The summed E-state index contributed by atoms with van der Waals surface area (Å²) in [5.41, 5.74) is 1.64. The molecule has 0 bridgehead atoms. The van der Waals surface area contributed by atoms with E-state index in [0.717, 1.165) is 11.1 Å². The Labute approximate surface area is 202 Å². The highest BCUT2D eigenvalue weighted by molar-refractivity contribution is 6.31. The Hall–Kier alpha value is -3.84. The van der Waals surface area contributed by atoms with E-state index in [2.05, 4.69) is 5.32 Å². The molecule has 3 rings (SSSR count). The number of halogens is 1. The van der Waals surface area contributed by atoms with Crippen LogP contribution in [0.1, 0.15) is 51.5 Å². The number of anilines is 1. The predicted octanol–water partition coefficient (Wildman–Crippen LogP) is 5.85. The number of nitrogens with one attached hydrogen (secondary N) is 1. The Kier molecular flexibility index (Phi) is 8.27. The van der Waals surface area contributed by atoms with E-state index in [1.807, 2.05) is 18.2 Å². The quantitative estimate of drug-likeness (QED) is 0.234. The highest BCUT2D eigenvalue weighted by atomic mass is 35.5. The molecule has 0 saturated carbocycles. The molecule has 176 valence electrons. The lowest BCUT2D eigenvalue weighted by molar-refractivity contribution is -0.111. The van der Waals surface area contributed by atoms with Gasteiger partial charge in [0.15, 0.2) is 5.78 Å². The van der Waals surface area contributed by atoms with Crippen LogP contribution in [0.2, 0.25) is 5.02 Å². The Morgan fingerprint density at radius 2 is 1.76 bits per heavy atom. The summed E-state index contributed by atoms with van der Waals surface area (Å²) >= 11 is 6.14. The molecule has 1 amide bonds. The monoisotopic (exact) mass is 481 g/mol. The van der Waals surface area contributed by atoms with Crippen molar-refractivity contribution in [3.8, 4) is 5.75 Å². The van der Waals surface area contributed by atoms with Crippen LogP contribution in [-0.2, 0) is 16.1 Å². The van der Waals surface area contributed by atoms with Gasteiger partial charge in [-0.1, -0.05) is 41.9 Å². The first-order chi connectivity index (χ1) is 16.3. The van der Waals surface area contributed by atoms with Crippen molar-refractivity contribution in [2.75, 3.05) is 11.9 Å².